The Morgan fingerprint density at radius 1 is 1.50 bits per heavy atom. The zero-order chi connectivity index (χ0) is 13.3. The first kappa shape index (κ1) is 13.5. The Hall–Kier alpha value is -0.920. The summed E-state index contributed by atoms with van der Waals surface area (Å²) in [5.74, 6) is 0.484. The molecule has 1 heterocycles. The zero-order valence-electron chi connectivity index (χ0n) is 10.7. The van der Waals surface area contributed by atoms with Gasteiger partial charge in [0.2, 0.25) is 0 Å². The molecule has 18 heavy (non-hydrogen) atoms. The van der Waals surface area contributed by atoms with Gasteiger partial charge in [0.05, 0.1) is 6.61 Å². The molecule has 0 radical (unpaired) electrons. The Morgan fingerprint density at radius 3 is 2.67 bits per heavy atom. The number of rotatable bonds is 6. The molecular weight excluding hydrogens is 254 g/mol. The minimum absolute atomic E-state index is 0.0370. The molecule has 2 rings (SSSR count). The van der Waals surface area contributed by atoms with Gasteiger partial charge >= 0.3 is 0 Å². The lowest BCUT2D eigenvalue weighted by molar-refractivity contribution is 0.277. The lowest BCUT2D eigenvalue weighted by Gasteiger charge is -2.19. The first-order valence-electron chi connectivity index (χ1n) is 6.15. The van der Waals surface area contributed by atoms with Crippen LogP contribution in [-0.4, -0.2) is 41.1 Å². The van der Waals surface area contributed by atoms with E-state index in [-0.39, 0.29) is 11.6 Å². The van der Waals surface area contributed by atoms with Gasteiger partial charge < -0.3 is 5.11 Å². The Balaban J connectivity index is 2.32. The van der Waals surface area contributed by atoms with E-state index in [2.05, 4.69) is 10.2 Å². The number of aliphatic hydroxyl groups is 1. The van der Waals surface area contributed by atoms with Crippen molar-refractivity contribution in [1.29, 1.82) is 0 Å². The predicted octanol–water partition coefficient (Wildman–Crippen LogP) is 0.631. The van der Waals surface area contributed by atoms with Gasteiger partial charge in [0, 0.05) is 24.3 Å². The normalized spacial score (nSPS) is 16.4. The first-order chi connectivity index (χ1) is 8.50. The van der Waals surface area contributed by atoms with Gasteiger partial charge in [-0.2, -0.15) is 9.40 Å². The van der Waals surface area contributed by atoms with E-state index < -0.39 is 10.0 Å². The molecule has 0 saturated heterocycles. The smallest absolute Gasteiger partial charge is 0.262 e. The molecule has 1 aromatic heterocycles. The van der Waals surface area contributed by atoms with Gasteiger partial charge in [-0.05, 0) is 25.7 Å². The zero-order valence-corrected chi connectivity index (χ0v) is 11.5. The summed E-state index contributed by atoms with van der Waals surface area (Å²) in [6.45, 7) is 4.18. The largest absolute Gasteiger partial charge is 0.392 e. The van der Waals surface area contributed by atoms with Crippen LogP contribution in [-0.2, 0) is 16.6 Å². The van der Waals surface area contributed by atoms with Crippen molar-refractivity contribution in [2.45, 2.75) is 38.3 Å². The fourth-order valence-corrected chi connectivity index (χ4v) is 3.62. The van der Waals surface area contributed by atoms with Crippen LogP contribution in [0.3, 0.4) is 0 Å². The number of aliphatic hydroxyl groups excluding tert-OH is 1. The van der Waals surface area contributed by atoms with Crippen molar-refractivity contribution in [3.8, 4) is 0 Å². The Kier molecular flexibility index (Phi) is 3.74. The van der Waals surface area contributed by atoms with Crippen LogP contribution in [0, 0.1) is 12.8 Å². The number of hydrogen-bond acceptors (Lipinski definition) is 4. The number of H-pyrrole nitrogens is 1. The average Bonchev–Trinajstić information content (AvgIpc) is 3.07. The molecule has 1 saturated carbocycles. The monoisotopic (exact) mass is 273 g/mol. The lowest BCUT2D eigenvalue weighted by Crippen LogP contribution is -2.33. The van der Waals surface area contributed by atoms with Gasteiger partial charge in [-0.25, -0.2) is 8.42 Å². The quantitative estimate of drug-likeness (QED) is 0.796. The molecule has 0 aliphatic heterocycles. The number of nitrogens with zero attached hydrogens (tertiary/aromatic N) is 2. The summed E-state index contributed by atoms with van der Waals surface area (Å²) in [4.78, 5) is 0. The van der Waals surface area contributed by atoms with E-state index in [9.17, 15) is 13.5 Å². The predicted molar refractivity (Wildman–Crippen MR) is 66.4 cm³/mol. The number of sulfonamides is 1. The van der Waals surface area contributed by atoms with Gasteiger partial charge in [-0.3, -0.25) is 5.10 Å². The fourth-order valence-electron chi connectivity index (χ4n) is 1.94. The van der Waals surface area contributed by atoms with Crippen molar-refractivity contribution in [3.05, 3.63) is 11.3 Å². The van der Waals surface area contributed by atoms with Crippen molar-refractivity contribution in [2.75, 3.05) is 13.1 Å². The molecule has 0 unspecified atom stereocenters. The molecule has 0 aromatic carbocycles. The molecule has 0 atom stereocenters. The summed E-state index contributed by atoms with van der Waals surface area (Å²) >= 11 is 0. The molecule has 1 aromatic rings. The number of aromatic nitrogens is 2. The highest BCUT2D eigenvalue weighted by atomic mass is 32.2. The van der Waals surface area contributed by atoms with Crippen molar-refractivity contribution >= 4 is 10.0 Å². The summed E-state index contributed by atoms with van der Waals surface area (Å²) in [5.41, 5.74) is 0.961. The third kappa shape index (κ3) is 2.43. The van der Waals surface area contributed by atoms with E-state index in [0.29, 0.717) is 30.3 Å². The van der Waals surface area contributed by atoms with E-state index >= 15 is 0 Å². The van der Waals surface area contributed by atoms with Crippen LogP contribution in [0.15, 0.2) is 5.03 Å². The van der Waals surface area contributed by atoms with Gasteiger partial charge in [0.15, 0.2) is 5.03 Å². The van der Waals surface area contributed by atoms with Crippen LogP contribution < -0.4 is 0 Å². The van der Waals surface area contributed by atoms with Gasteiger partial charge in [0.1, 0.15) is 0 Å². The molecule has 0 amide bonds. The van der Waals surface area contributed by atoms with Crippen LogP contribution in [0.5, 0.6) is 0 Å². The summed E-state index contributed by atoms with van der Waals surface area (Å²) in [6, 6.07) is 0. The first-order valence-corrected chi connectivity index (χ1v) is 7.59. The second-order valence-corrected chi connectivity index (χ2v) is 6.54. The van der Waals surface area contributed by atoms with Gasteiger partial charge in [-0.15, -0.1) is 0 Å². The van der Waals surface area contributed by atoms with Crippen LogP contribution in [0.1, 0.15) is 31.0 Å². The second kappa shape index (κ2) is 4.99. The summed E-state index contributed by atoms with van der Waals surface area (Å²) in [5, 5.41) is 15.7. The van der Waals surface area contributed by atoms with Crippen LogP contribution >= 0.6 is 0 Å². The summed E-state index contributed by atoms with van der Waals surface area (Å²) in [7, 11) is -3.60. The molecule has 6 nitrogen and oxygen atoms in total. The molecule has 2 N–H and O–H groups in total. The number of hydrogen-bond donors (Lipinski definition) is 2. The maximum absolute atomic E-state index is 12.5. The van der Waals surface area contributed by atoms with Gasteiger partial charge in [0.25, 0.3) is 10.0 Å². The molecule has 1 fully saturated rings. The maximum Gasteiger partial charge on any atom is 0.262 e. The second-order valence-electron chi connectivity index (χ2n) is 4.69. The number of aryl methyl sites for hydroxylation is 1. The SMILES string of the molecule is CCN(CC1CC1)S(=O)(=O)c1n[nH]c(C)c1CO. The highest BCUT2D eigenvalue weighted by Crippen LogP contribution is 2.31. The highest BCUT2D eigenvalue weighted by Gasteiger charge is 2.33. The fraction of sp³-hybridized carbons (Fsp3) is 0.727. The van der Waals surface area contributed by atoms with Crippen LogP contribution in [0.4, 0.5) is 0 Å². The third-order valence-electron chi connectivity index (χ3n) is 3.29. The minimum atomic E-state index is -3.60. The average molecular weight is 273 g/mol. The molecular formula is C11H19N3O3S. The Labute approximate surface area is 107 Å². The van der Waals surface area contributed by atoms with Crippen molar-refractivity contribution in [2.24, 2.45) is 5.92 Å². The van der Waals surface area contributed by atoms with E-state index in [1.807, 2.05) is 6.92 Å². The number of aromatic amines is 1. The summed E-state index contributed by atoms with van der Waals surface area (Å²) < 4.78 is 26.3. The van der Waals surface area contributed by atoms with E-state index in [1.54, 1.807) is 6.92 Å². The third-order valence-corrected chi connectivity index (χ3v) is 5.20. The van der Waals surface area contributed by atoms with Crippen molar-refractivity contribution < 1.29 is 13.5 Å². The lowest BCUT2D eigenvalue weighted by atomic mass is 10.3. The number of nitrogens with one attached hydrogen (secondary N) is 1. The van der Waals surface area contributed by atoms with E-state index in [0.717, 1.165) is 12.8 Å². The van der Waals surface area contributed by atoms with Crippen molar-refractivity contribution in [3.63, 3.8) is 0 Å². The molecule has 102 valence electrons. The van der Waals surface area contributed by atoms with E-state index in [4.69, 9.17) is 0 Å². The molecule has 0 spiro atoms. The minimum Gasteiger partial charge on any atom is -0.392 e. The van der Waals surface area contributed by atoms with E-state index in [1.165, 1.54) is 4.31 Å². The Morgan fingerprint density at radius 2 is 2.17 bits per heavy atom. The van der Waals surface area contributed by atoms with Crippen molar-refractivity contribution in [1.82, 2.24) is 14.5 Å². The molecule has 1 aliphatic rings. The highest BCUT2D eigenvalue weighted by molar-refractivity contribution is 7.89. The molecule has 7 heteroatoms. The maximum atomic E-state index is 12.5. The topological polar surface area (TPSA) is 86.3 Å². The van der Waals surface area contributed by atoms with Gasteiger partial charge in [-0.1, -0.05) is 6.92 Å². The van der Waals surface area contributed by atoms with Crippen LogP contribution in [0.2, 0.25) is 0 Å². The Bertz CT molecular complexity index is 520. The summed E-state index contributed by atoms with van der Waals surface area (Å²) in [6.07, 6.45) is 2.19. The molecule has 0 bridgehead atoms. The molecule has 1 aliphatic carbocycles. The standard InChI is InChI=1S/C11H19N3O3S/c1-3-14(6-9-4-5-9)18(16,17)11-10(7-15)8(2)12-13-11/h9,15H,3-7H2,1-2H3,(H,12,13). The van der Waals surface area contributed by atoms with Crippen LogP contribution in [0.25, 0.3) is 0 Å².